The van der Waals surface area contributed by atoms with Gasteiger partial charge in [-0.1, -0.05) is 47.5 Å². The van der Waals surface area contributed by atoms with Crippen LogP contribution < -0.4 is 10.1 Å². The van der Waals surface area contributed by atoms with Crippen molar-refractivity contribution in [1.82, 2.24) is 0 Å². The Labute approximate surface area is 200 Å². The monoisotopic (exact) mass is 478 g/mol. The number of amides is 1. The lowest BCUT2D eigenvalue weighted by Crippen LogP contribution is -2.15. The second kappa shape index (κ2) is 10.6. The standard InChI is InChI=1S/C25H16Cl2N2O4/c1-15(30)20-4-2-3-5-23(20)29-24(31)18(14-28)12-16-6-9-19(10-7-16)33-25(32)17-8-11-21(26)22(27)13-17/h2-13H,1H3,(H,29,31)/b18-12-. The second-order valence-corrected chi connectivity index (χ2v) is 7.63. The molecule has 8 heteroatoms. The number of Topliss-reactive ketones (excluding diaryl/α,β-unsaturated/α-hetero) is 1. The van der Waals surface area contributed by atoms with E-state index < -0.39 is 11.9 Å². The Kier molecular flexibility index (Phi) is 7.62. The van der Waals surface area contributed by atoms with E-state index in [4.69, 9.17) is 27.9 Å². The molecule has 0 aliphatic heterocycles. The number of esters is 1. The number of carbonyl (C=O) groups is 3. The van der Waals surface area contributed by atoms with E-state index in [2.05, 4.69) is 5.32 Å². The summed E-state index contributed by atoms with van der Waals surface area (Å²) >= 11 is 11.8. The molecular weight excluding hydrogens is 463 g/mol. The average molecular weight is 479 g/mol. The summed E-state index contributed by atoms with van der Waals surface area (Å²) in [5.74, 6) is -1.21. The van der Waals surface area contributed by atoms with Gasteiger partial charge in [0.1, 0.15) is 17.4 Å². The Morgan fingerprint density at radius 2 is 1.67 bits per heavy atom. The van der Waals surface area contributed by atoms with Gasteiger partial charge in [-0.2, -0.15) is 5.26 Å². The first-order chi connectivity index (χ1) is 15.8. The third kappa shape index (κ3) is 6.07. The Morgan fingerprint density at radius 1 is 0.970 bits per heavy atom. The highest BCUT2D eigenvalue weighted by Gasteiger charge is 2.14. The zero-order chi connectivity index (χ0) is 24.0. The molecule has 1 N–H and O–H groups in total. The molecule has 0 unspecified atom stereocenters. The number of nitrogens with one attached hydrogen (secondary N) is 1. The van der Waals surface area contributed by atoms with E-state index in [1.807, 2.05) is 6.07 Å². The molecule has 0 spiro atoms. The van der Waals surface area contributed by atoms with Gasteiger partial charge in [-0.3, -0.25) is 9.59 Å². The molecule has 3 aromatic carbocycles. The lowest BCUT2D eigenvalue weighted by molar-refractivity contribution is -0.112. The maximum absolute atomic E-state index is 12.5. The molecule has 0 atom stereocenters. The van der Waals surface area contributed by atoms with Crippen molar-refractivity contribution in [2.24, 2.45) is 0 Å². The van der Waals surface area contributed by atoms with Crippen molar-refractivity contribution in [3.8, 4) is 11.8 Å². The van der Waals surface area contributed by atoms with Crippen molar-refractivity contribution in [2.45, 2.75) is 6.92 Å². The molecule has 0 heterocycles. The lowest BCUT2D eigenvalue weighted by Gasteiger charge is -2.08. The van der Waals surface area contributed by atoms with Gasteiger partial charge in [0.05, 0.1) is 21.3 Å². The summed E-state index contributed by atoms with van der Waals surface area (Å²) in [7, 11) is 0. The van der Waals surface area contributed by atoms with Crippen LogP contribution in [0.4, 0.5) is 5.69 Å². The zero-order valence-electron chi connectivity index (χ0n) is 17.3. The molecule has 0 saturated heterocycles. The summed E-state index contributed by atoms with van der Waals surface area (Å²) in [5.41, 5.74) is 1.28. The van der Waals surface area contributed by atoms with Crippen LogP contribution in [0.15, 0.2) is 72.3 Å². The fourth-order valence-corrected chi connectivity index (χ4v) is 3.12. The van der Waals surface area contributed by atoms with Crippen LogP contribution in [0.2, 0.25) is 10.0 Å². The van der Waals surface area contributed by atoms with Crippen LogP contribution in [0.3, 0.4) is 0 Å². The smallest absolute Gasteiger partial charge is 0.343 e. The quantitative estimate of drug-likeness (QED) is 0.155. The van der Waals surface area contributed by atoms with Crippen molar-refractivity contribution < 1.29 is 19.1 Å². The molecule has 164 valence electrons. The fraction of sp³-hybridized carbons (Fsp3) is 0.0400. The van der Waals surface area contributed by atoms with E-state index in [9.17, 15) is 19.6 Å². The molecule has 0 fully saturated rings. The van der Waals surface area contributed by atoms with Crippen molar-refractivity contribution >= 4 is 52.6 Å². The number of ether oxygens (including phenoxy) is 1. The number of nitrogens with zero attached hydrogens (tertiary/aromatic N) is 1. The van der Waals surface area contributed by atoms with Gasteiger partial charge in [-0.25, -0.2) is 4.79 Å². The number of hydrogen-bond donors (Lipinski definition) is 1. The van der Waals surface area contributed by atoms with Crippen LogP contribution >= 0.6 is 23.2 Å². The predicted octanol–water partition coefficient (Wildman–Crippen LogP) is 5.96. The van der Waals surface area contributed by atoms with Crippen molar-refractivity contribution in [1.29, 1.82) is 5.26 Å². The number of ketones is 1. The van der Waals surface area contributed by atoms with Crippen LogP contribution in [-0.2, 0) is 4.79 Å². The van der Waals surface area contributed by atoms with Gasteiger partial charge in [0.15, 0.2) is 5.78 Å². The lowest BCUT2D eigenvalue weighted by atomic mass is 10.1. The van der Waals surface area contributed by atoms with Crippen LogP contribution in [-0.4, -0.2) is 17.7 Å². The minimum Gasteiger partial charge on any atom is -0.423 e. The summed E-state index contributed by atoms with van der Waals surface area (Å²) < 4.78 is 5.31. The highest BCUT2D eigenvalue weighted by atomic mass is 35.5. The highest BCUT2D eigenvalue weighted by molar-refractivity contribution is 6.42. The molecule has 0 aromatic heterocycles. The molecule has 33 heavy (non-hydrogen) atoms. The van der Waals surface area contributed by atoms with Gasteiger partial charge in [-0.05, 0) is 61.0 Å². The minimum absolute atomic E-state index is 0.158. The number of para-hydroxylation sites is 1. The molecule has 0 aliphatic rings. The number of halogens is 2. The summed E-state index contributed by atoms with van der Waals surface area (Å²) in [6.45, 7) is 1.39. The maximum Gasteiger partial charge on any atom is 0.343 e. The summed E-state index contributed by atoms with van der Waals surface area (Å²) in [6.07, 6.45) is 1.39. The first-order valence-corrected chi connectivity index (χ1v) is 10.3. The predicted molar refractivity (Wildman–Crippen MR) is 127 cm³/mol. The molecule has 0 bridgehead atoms. The topological polar surface area (TPSA) is 96.3 Å². The van der Waals surface area contributed by atoms with Gasteiger partial charge in [0.25, 0.3) is 5.91 Å². The maximum atomic E-state index is 12.5. The molecule has 3 rings (SSSR count). The molecule has 3 aromatic rings. The largest absolute Gasteiger partial charge is 0.423 e. The van der Waals surface area contributed by atoms with Gasteiger partial charge in [0.2, 0.25) is 0 Å². The van der Waals surface area contributed by atoms with E-state index in [-0.39, 0.29) is 27.7 Å². The van der Waals surface area contributed by atoms with Crippen molar-refractivity contribution in [2.75, 3.05) is 5.32 Å². The Morgan fingerprint density at radius 3 is 2.30 bits per heavy atom. The zero-order valence-corrected chi connectivity index (χ0v) is 18.8. The van der Waals surface area contributed by atoms with Gasteiger partial charge < -0.3 is 10.1 Å². The van der Waals surface area contributed by atoms with E-state index in [1.54, 1.807) is 36.4 Å². The first-order valence-electron chi connectivity index (χ1n) is 9.59. The fourth-order valence-electron chi connectivity index (χ4n) is 2.83. The number of anilines is 1. The number of benzene rings is 3. The molecule has 0 aliphatic carbocycles. The second-order valence-electron chi connectivity index (χ2n) is 6.81. The molecule has 6 nitrogen and oxygen atoms in total. The Bertz CT molecular complexity index is 1310. The number of nitriles is 1. The third-order valence-electron chi connectivity index (χ3n) is 4.48. The Hall–Kier alpha value is -3.92. The highest BCUT2D eigenvalue weighted by Crippen LogP contribution is 2.24. The first kappa shape index (κ1) is 23.7. The molecule has 0 saturated carbocycles. The van der Waals surface area contributed by atoms with E-state index in [1.165, 1.54) is 43.3 Å². The van der Waals surface area contributed by atoms with Crippen LogP contribution in [0.25, 0.3) is 6.08 Å². The van der Waals surface area contributed by atoms with Crippen LogP contribution in [0.1, 0.15) is 33.2 Å². The van der Waals surface area contributed by atoms with Crippen molar-refractivity contribution in [3.63, 3.8) is 0 Å². The van der Waals surface area contributed by atoms with E-state index in [0.29, 0.717) is 21.8 Å². The van der Waals surface area contributed by atoms with Crippen molar-refractivity contribution in [3.05, 3.63) is 99.0 Å². The number of carbonyl (C=O) groups excluding carboxylic acids is 3. The van der Waals surface area contributed by atoms with Gasteiger partial charge in [0, 0.05) is 5.56 Å². The minimum atomic E-state index is -0.652. The van der Waals surface area contributed by atoms with Gasteiger partial charge in [-0.15, -0.1) is 0 Å². The van der Waals surface area contributed by atoms with Crippen LogP contribution in [0.5, 0.6) is 5.75 Å². The third-order valence-corrected chi connectivity index (χ3v) is 5.22. The van der Waals surface area contributed by atoms with E-state index in [0.717, 1.165) is 0 Å². The van der Waals surface area contributed by atoms with E-state index >= 15 is 0 Å². The normalized spacial score (nSPS) is 10.8. The summed E-state index contributed by atoms with van der Waals surface area (Å²) in [5, 5.41) is 12.6. The molecule has 0 radical (unpaired) electrons. The SMILES string of the molecule is CC(=O)c1ccccc1NC(=O)/C(C#N)=C\c1ccc(OC(=O)c2ccc(Cl)c(Cl)c2)cc1. The molecule has 1 amide bonds. The summed E-state index contributed by atoms with van der Waals surface area (Å²) in [6, 6.07) is 19.0. The average Bonchev–Trinajstić information content (AvgIpc) is 2.80. The van der Waals surface area contributed by atoms with Crippen LogP contribution in [0, 0.1) is 11.3 Å². The molecular formula is C25H16Cl2N2O4. The Balaban J connectivity index is 1.72. The number of hydrogen-bond acceptors (Lipinski definition) is 5. The van der Waals surface area contributed by atoms with Gasteiger partial charge >= 0.3 is 5.97 Å². The summed E-state index contributed by atoms with van der Waals surface area (Å²) in [4.78, 5) is 36.5. The number of rotatable bonds is 6.